The molecule has 3 rings (SSSR count). The molecular weight excluding hydrogens is 372 g/mol. The molecule has 0 radical (unpaired) electrons. The van der Waals surface area contributed by atoms with Crippen LogP contribution in [0.4, 0.5) is 0 Å². The molecule has 0 saturated heterocycles. The summed E-state index contributed by atoms with van der Waals surface area (Å²) in [6, 6.07) is 14.4. The standard InChI is InChI=1S/C27H32O3/c1-6-7-21(17-25(28)29)20-9-11-22(12-10-20)30-18-19-8-13-23-24(16-19)27(4,5)15-14-26(23,2)3/h8-13,16,21H,14-15,17-18H2,1-5H3,(H,28,29). The lowest BCUT2D eigenvalue weighted by molar-refractivity contribution is -0.137. The number of hydrogen-bond donors (Lipinski definition) is 1. The van der Waals surface area contributed by atoms with Crippen LogP contribution in [-0.2, 0) is 22.2 Å². The number of rotatable bonds is 6. The number of aliphatic carboxylic acids is 1. The number of fused-ring (bicyclic) bond motifs is 1. The third kappa shape index (κ3) is 4.87. The molecule has 1 N–H and O–H groups in total. The van der Waals surface area contributed by atoms with E-state index in [0.717, 1.165) is 11.3 Å². The molecule has 1 aliphatic carbocycles. The lowest BCUT2D eigenvalue weighted by Crippen LogP contribution is -2.33. The first-order valence-corrected chi connectivity index (χ1v) is 10.6. The monoisotopic (exact) mass is 404 g/mol. The second kappa shape index (κ2) is 8.56. The first-order chi connectivity index (χ1) is 14.1. The lowest BCUT2D eigenvalue weighted by atomic mass is 9.63. The van der Waals surface area contributed by atoms with Crippen molar-refractivity contribution in [2.24, 2.45) is 0 Å². The van der Waals surface area contributed by atoms with Crippen molar-refractivity contribution in [3.63, 3.8) is 0 Å². The van der Waals surface area contributed by atoms with Gasteiger partial charge in [-0.05, 0) is 65.0 Å². The minimum absolute atomic E-state index is 0.00228. The first-order valence-electron chi connectivity index (χ1n) is 10.6. The van der Waals surface area contributed by atoms with E-state index in [2.05, 4.69) is 57.7 Å². The van der Waals surface area contributed by atoms with Gasteiger partial charge in [0.2, 0.25) is 0 Å². The maximum atomic E-state index is 11.1. The zero-order valence-corrected chi connectivity index (χ0v) is 18.7. The molecule has 1 unspecified atom stereocenters. The van der Waals surface area contributed by atoms with Crippen LogP contribution in [-0.4, -0.2) is 11.1 Å². The van der Waals surface area contributed by atoms with Crippen LogP contribution < -0.4 is 4.74 Å². The van der Waals surface area contributed by atoms with Gasteiger partial charge in [0.15, 0.2) is 0 Å². The van der Waals surface area contributed by atoms with E-state index in [1.165, 1.54) is 29.5 Å². The van der Waals surface area contributed by atoms with E-state index in [1.54, 1.807) is 6.92 Å². The molecule has 0 saturated carbocycles. The van der Waals surface area contributed by atoms with Gasteiger partial charge in [-0.25, -0.2) is 0 Å². The highest BCUT2D eigenvalue weighted by Gasteiger charge is 2.36. The van der Waals surface area contributed by atoms with Gasteiger partial charge >= 0.3 is 5.97 Å². The number of ether oxygens (including phenoxy) is 1. The fourth-order valence-corrected chi connectivity index (χ4v) is 4.29. The van der Waals surface area contributed by atoms with Gasteiger partial charge in [-0.1, -0.05) is 63.9 Å². The van der Waals surface area contributed by atoms with E-state index in [-0.39, 0.29) is 23.2 Å². The van der Waals surface area contributed by atoms with Crippen LogP contribution in [0, 0.1) is 11.8 Å². The molecule has 3 nitrogen and oxygen atoms in total. The summed E-state index contributed by atoms with van der Waals surface area (Å²) in [4.78, 5) is 11.1. The zero-order chi connectivity index (χ0) is 21.9. The normalized spacial score (nSPS) is 17.2. The second-order valence-electron chi connectivity index (χ2n) is 9.55. The van der Waals surface area contributed by atoms with E-state index in [4.69, 9.17) is 9.84 Å². The van der Waals surface area contributed by atoms with Crippen molar-refractivity contribution in [3.8, 4) is 17.6 Å². The van der Waals surface area contributed by atoms with Crippen LogP contribution in [0.15, 0.2) is 42.5 Å². The van der Waals surface area contributed by atoms with Gasteiger partial charge in [0.25, 0.3) is 0 Å². The molecule has 2 aromatic carbocycles. The number of benzene rings is 2. The van der Waals surface area contributed by atoms with Crippen LogP contribution in [0.3, 0.4) is 0 Å². The molecule has 1 aliphatic rings. The molecule has 0 amide bonds. The van der Waals surface area contributed by atoms with Crippen molar-refractivity contribution in [1.29, 1.82) is 0 Å². The minimum atomic E-state index is -0.846. The van der Waals surface area contributed by atoms with Crippen molar-refractivity contribution >= 4 is 5.97 Å². The molecule has 158 valence electrons. The third-order valence-corrected chi connectivity index (χ3v) is 6.30. The molecule has 0 aromatic heterocycles. The molecular formula is C27H32O3. The van der Waals surface area contributed by atoms with E-state index in [1.807, 2.05) is 24.3 Å². The Labute approximate surface area is 180 Å². The summed E-state index contributed by atoms with van der Waals surface area (Å²) in [6.45, 7) is 11.6. The largest absolute Gasteiger partial charge is 0.489 e. The highest BCUT2D eigenvalue weighted by Crippen LogP contribution is 2.45. The SMILES string of the molecule is CC#CC(CC(=O)O)c1ccc(OCc2ccc3c(c2)C(C)(C)CCC3(C)C)cc1. The topological polar surface area (TPSA) is 46.5 Å². The maximum absolute atomic E-state index is 11.1. The van der Waals surface area contributed by atoms with Crippen molar-refractivity contribution in [2.45, 2.75) is 77.2 Å². The summed E-state index contributed by atoms with van der Waals surface area (Å²) >= 11 is 0. The Morgan fingerprint density at radius 3 is 2.27 bits per heavy atom. The number of carboxylic acids is 1. The lowest BCUT2D eigenvalue weighted by Gasteiger charge is -2.42. The predicted molar refractivity (Wildman–Crippen MR) is 121 cm³/mol. The summed E-state index contributed by atoms with van der Waals surface area (Å²) in [5.41, 5.74) is 5.36. The second-order valence-corrected chi connectivity index (χ2v) is 9.55. The summed E-state index contributed by atoms with van der Waals surface area (Å²) in [5, 5.41) is 9.10. The molecule has 2 aromatic rings. The number of hydrogen-bond acceptors (Lipinski definition) is 2. The Balaban J connectivity index is 1.73. The number of carbonyl (C=O) groups is 1. The Hall–Kier alpha value is -2.73. The van der Waals surface area contributed by atoms with Gasteiger partial charge < -0.3 is 9.84 Å². The summed E-state index contributed by atoms with van der Waals surface area (Å²) in [5.74, 6) is 5.43. The minimum Gasteiger partial charge on any atom is -0.489 e. The van der Waals surface area contributed by atoms with Gasteiger partial charge in [0.1, 0.15) is 12.4 Å². The van der Waals surface area contributed by atoms with Gasteiger partial charge in [-0.2, -0.15) is 0 Å². The van der Waals surface area contributed by atoms with E-state index >= 15 is 0 Å². The predicted octanol–water partition coefficient (Wildman–Crippen LogP) is 6.20. The first kappa shape index (κ1) is 22.0. The zero-order valence-electron chi connectivity index (χ0n) is 18.7. The Kier molecular flexibility index (Phi) is 6.27. The molecule has 0 heterocycles. The molecule has 0 bridgehead atoms. The number of carboxylic acid groups (broad SMARTS) is 1. The summed E-state index contributed by atoms with van der Waals surface area (Å²) in [6.07, 6.45) is 2.40. The molecule has 3 heteroatoms. The Morgan fingerprint density at radius 2 is 1.67 bits per heavy atom. The fraction of sp³-hybridized carbons (Fsp3) is 0.444. The van der Waals surface area contributed by atoms with Gasteiger partial charge in [-0.15, -0.1) is 5.92 Å². The van der Waals surface area contributed by atoms with Gasteiger partial charge in [0.05, 0.1) is 12.3 Å². The molecule has 1 atom stereocenters. The van der Waals surface area contributed by atoms with Crippen LogP contribution >= 0.6 is 0 Å². The highest BCUT2D eigenvalue weighted by molar-refractivity contribution is 5.69. The molecule has 0 aliphatic heterocycles. The van der Waals surface area contributed by atoms with Crippen LogP contribution in [0.2, 0.25) is 0 Å². The van der Waals surface area contributed by atoms with Crippen LogP contribution in [0.1, 0.15) is 82.1 Å². The smallest absolute Gasteiger partial charge is 0.304 e. The Bertz CT molecular complexity index is 971. The van der Waals surface area contributed by atoms with Crippen LogP contribution in [0.5, 0.6) is 5.75 Å². The molecule has 0 fully saturated rings. The van der Waals surface area contributed by atoms with Crippen molar-refractivity contribution in [1.82, 2.24) is 0 Å². The summed E-state index contributed by atoms with van der Waals surface area (Å²) in [7, 11) is 0. The van der Waals surface area contributed by atoms with Crippen molar-refractivity contribution in [3.05, 3.63) is 64.7 Å². The van der Waals surface area contributed by atoms with Crippen molar-refractivity contribution in [2.75, 3.05) is 0 Å². The van der Waals surface area contributed by atoms with Crippen molar-refractivity contribution < 1.29 is 14.6 Å². The Morgan fingerprint density at radius 1 is 1.03 bits per heavy atom. The average molecular weight is 405 g/mol. The third-order valence-electron chi connectivity index (χ3n) is 6.30. The van der Waals surface area contributed by atoms with E-state index in [0.29, 0.717) is 6.61 Å². The average Bonchev–Trinajstić information content (AvgIpc) is 2.70. The van der Waals surface area contributed by atoms with Gasteiger partial charge in [-0.3, -0.25) is 4.79 Å². The maximum Gasteiger partial charge on any atom is 0.304 e. The quantitative estimate of drug-likeness (QED) is 0.583. The highest BCUT2D eigenvalue weighted by atomic mass is 16.5. The molecule has 0 spiro atoms. The summed E-state index contributed by atoms with van der Waals surface area (Å²) < 4.78 is 6.03. The van der Waals surface area contributed by atoms with E-state index < -0.39 is 5.97 Å². The van der Waals surface area contributed by atoms with Crippen LogP contribution in [0.25, 0.3) is 0 Å². The van der Waals surface area contributed by atoms with Gasteiger partial charge in [0, 0.05) is 0 Å². The van der Waals surface area contributed by atoms with E-state index in [9.17, 15) is 4.79 Å². The molecule has 30 heavy (non-hydrogen) atoms. The fourth-order valence-electron chi connectivity index (χ4n) is 4.29.